The Bertz CT molecular complexity index is 1940. The molecule has 3 fully saturated rings. The minimum atomic E-state index is -5.40. The molecular formula is C29H38N8O14P2. The van der Waals surface area contributed by atoms with Crippen molar-refractivity contribution in [3.8, 4) is 12.3 Å². The number of phosphoric acid groups is 2. The largest absolute Gasteiger partial charge is 0.481 e. The van der Waals surface area contributed by atoms with Crippen LogP contribution in [0.5, 0.6) is 0 Å². The molecule has 22 nitrogen and oxygen atoms in total. The number of phosphoric ester groups is 2. The van der Waals surface area contributed by atoms with Crippen LogP contribution in [0.1, 0.15) is 47.5 Å². The summed E-state index contributed by atoms with van der Waals surface area (Å²) >= 11 is 0. The number of aliphatic hydroxyl groups excluding tert-OH is 4. The van der Waals surface area contributed by atoms with E-state index in [1.165, 1.54) is 41.5 Å². The predicted octanol–water partition coefficient (Wildman–Crippen LogP) is -1.32. The first-order chi connectivity index (χ1) is 25.1. The van der Waals surface area contributed by atoms with Crippen LogP contribution < -0.4 is 21.9 Å². The van der Waals surface area contributed by atoms with E-state index in [4.69, 9.17) is 30.7 Å². The summed E-state index contributed by atoms with van der Waals surface area (Å²) in [7, 11) is -10.8. The van der Waals surface area contributed by atoms with Crippen molar-refractivity contribution < 1.29 is 67.0 Å². The van der Waals surface area contributed by atoms with Gasteiger partial charge in [-0.25, -0.2) is 34.9 Å². The second-order valence-electron chi connectivity index (χ2n) is 12.5. The third kappa shape index (κ3) is 8.92. The number of nitrogens with two attached hydrogens (primary N) is 1. The van der Waals surface area contributed by atoms with Gasteiger partial charge in [0.05, 0.1) is 25.2 Å². The van der Waals surface area contributed by atoms with Gasteiger partial charge in [-0.05, 0) is 30.5 Å². The molecule has 1 amide bonds. The maximum Gasteiger partial charge on any atom is 0.481 e. The van der Waals surface area contributed by atoms with Crippen LogP contribution in [0.15, 0.2) is 36.9 Å². The fraction of sp³-hybridized carbons (Fsp3) is 0.517. The summed E-state index contributed by atoms with van der Waals surface area (Å²) in [5.41, 5.74) is 12.2. The second-order valence-corrected chi connectivity index (χ2v) is 15.5. The average molecular weight is 785 g/mol. The monoisotopic (exact) mass is 784 g/mol. The topological polar surface area (TPSA) is 344 Å². The molecule has 2 aromatic heterocycles. The first-order valence-corrected chi connectivity index (χ1v) is 19.1. The molecule has 0 saturated carbocycles. The highest BCUT2D eigenvalue weighted by molar-refractivity contribution is 7.61. The lowest BCUT2D eigenvalue weighted by molar-refractivity contribution is -0.0507. The second kappa shape index (κ2) is 15.7. The van der Waals surface area contributed by atoms with Crippen LogP contribution in [0, 0.1) is 12.3 Å². The van der Waals surface area contributed by atoms with E-state index in [1.54, 1.807) is 0 Å². The van der Waals surface area contributed by atoms with Gasteiger partial charge in [0.15, 0.2) is 23.2 Å². The lowest BCUT2D eigenvalue weighted by Gasteiger charge is -2.20. The van der Waals surface area contributed by atoms with Crippen LogP contribution in [0.3, 0.4) is 0 Å². The Kier molecular flexibility index (Phi) is 11.6. The molecule has 10 atom stereocenters. The van der Waals surface area contributed by atoms with E-state index >= 15 is 0 Å². The molecule has 3 aromatic rings. The molecule has 53 heavy (non-hydrogen) atoms. The third-order valence-corrected chi connectivity index (χ3v) is 11.5. The minimum absolute atomic E-state index is 0.105. The summed E-state index contributed by atoms with van der Waals surface area (Å²) in [6.07, 6.45) is -1.85. The predicted molar refractivity (Wildman–Crippen MR) is 179 cm³/mol. The van der Waals surface area contributed by atoms with E-state index in [9.17, 15) is 44.1 Å². The number of ether oxygens (including phenoxy) is 2. The van der Waals surface area contributed by atoms with Crippen molar-refractivity contribution in [2.24, 2.45) is 5.73 Å². The summed E-state index contributed by atoms with van der Waals surface area (Å²) in [6.45, 7) is -1.30. The lowest BCUT2D eigenvalue weighted by Crippen LogP contribution is -2.33. The molecule has 288 valence electrons. The van der Waals surface area contributed by atoms with E-state index in [0.717, 1.165) is 6.42 Å². The number of nitrogens with zero attached hydrogens (tertiary/aromatic N) is 4. The molecule has 5 heterocycles. The number of nitrogens with one attached hydrogen (secondary N) is 3. The number of carbonyl (C=O) groups excluding carboxylic acids is 1. The third-order valence-electron chi connectivity index (χ3n) is 8.86. The van der Waals surface area contributed by atoms with Crippen LogP contribution in [0.2, 0.25) is 0 Å². The normalized spacial score (nSPS) is 30.1. The van der Waals surface area contributed by atoms with Crippen molar-refractivity contribution in [2.75, 3.05) is 25.1 Å². The van der Waals surface area contributed by atoms with Gasteiger partial charge >= 0.3 is 15.6 Å². The first-order valence-electron chi connectivity index (χ1n) is 16.1. The first kappa shape index (κ1) is 39.2. The number of fused-ring (bicyclic) bond motifs is 1. The number of imidazole rings is 1. The zero-order valence-corrected chi connectivity index (χ0v) is 29.4. The smallest absolute Gasteiger partial charge is 0.387 e. The van der Waals surface area contributed by atoms with Crippen LogP contribution >= 0.6 is 15.6 Å². The van der Waals surface area contributed by atoms with Gasteiger partial charge in [-0.3, -0.25) is 18.4 Å². The average Bonchev–Trinajstić information content (AvgIpc) is 3.52. The molecule has 0 aliphatic carbocycles. The van der Waals surface area contributed by atoms with Crippen LogP contribution in [-0.4, -0.2) is 118 Å². The molecule has 24 heteroatoms. The van der Waals surface area contributed by atoms with Crippen molar-refractivity contribution in [1.82, 2.24) is 30.4 Å². The van der Waals surface area contributed by atoms with Gasteiger partial charge in [0.25, 0.3) is 0 Å². The minimum Gasteiger partial charge on any atom is -0.387 e. The Hall–Kier alpha value is -3.46. The molecule has 1 aromatic carbocycles. The van der Waals surface area contributed by atoms with Crippen molar-refractivity contribution in [3.05, 3.63) is 48.0 Å². The summed E-state index contributed by atoms with van der Waals surface area (Å²) < 4.78 is 51.7. The zero-order chi connectivity index (χ0) is 38.1. The van der Waals surface area contributed by atoms with E-state index in [2.05, 4.69) is 41.4 Å². The number of anilines is 1. The van der Waals surface area contributed by atoms with Gasteiger partial charge in [-0.15, -0.1) is 12.3 Å². The number of aliphatic hydroxyl groups is 4. The summed E-state index contributed by atoms with van der Waals surface area (Å²) in [5, 5.41) is 45.5. The highest BCUT2D eigenvalue weighted by Crippen LogP contribution is 2.61. The number of aromatic nitrogens is 4. The SMILES string of the molecule is C#CCCC1(CCNc2ncnc3c2ncn3[C@H]2O[C@@H](COP(=O)(O)OP(=O)(O)OC[C@H]3O[C@@H](c4cccc(C(N)=O)c4)C(O)C3O)C(O)C2O)NN1. The van der Waals surface area contributed by atoms with Crippen molar-refractivity contribution >= 4 is 38.5 Å². The summed E-state index contributed by atoms with van der Waals surface area (Å²) in [5.74, 6) is 2.25. The van der Waals surface area contributed by atoms with Gasteiger partial charge in [-0.1, -0.05) is 12.1 Å². The number of benzene rings is 1. The van der Waals surface area contributed by atoms with Crippen molar-refractivity contribution in [1.29, 1.82) is 0 Å². The number of primary amides is 1. The van der Waals surface area contributed by atoms with Gasteiger partial charge < -0.3 is 50.7 Å². The molecule has 0 radical (unpaired) electrons. The Morgan fingerprint density at radius 2 is 1.68 bits per heavy atom. The highest BCUT2D eigenvalue weighted by Gasteiger charge is 2.48. The van der Waals surface area contributed by atoms with Crippen LogP contribution in [0.25, 0.3) is 11.2 Å². The van der Waals surface area contributed by atoms with Gasteiger partial charge in [0.1, 0.15) is 49.1 Å². The number of rotatable bonds is 17. The molecule has 11 N–H and O–H groups in total. The fourth-order valence-electron chi connectivity index (χ4n) is 5.95. The number of hydrazine groups is 1. The van der Waals surface area contributed by atoms with E-state index in [-0.39, 0.29) is 22.4 Å². The summed E-state index contributed by atoms with van der Waals surface area (Å²) in [6, 6.07) is 5.73. The molecular weight excluding hydrogens is 746 g/mol. The standard InChI is InChI=1S/C29H38N8O14P2/c1-2-3-7-29(35-36-29)8-9-31-26-19-27(33-13-32-26)37(14-34-19)28-23(41)21(39)18(50-28)12-48-53(45,46)51-52(43,44)47-11-17-20(38)22(40)24(49-17)15-5-4-6-16(10-15)25(30)42/h1,4-6,10,13-14,17-18,20-24,28,35-36,38-41H,3,7-9,11-12H2,(H2,30,42)(H,43,44)(H,45,46)(H,31,32,33)/t17-,18+,20?,21?,22?,23?,24+,28+/m1/s1. The Balaban J connectivity index is 1.01. The Morgan fingerprint density at radius 1 is 1.00 bits per heavy atom. The van der Waals surface area contributed by atoms with E-state index in [0.29, 0.717) is 30.7 Å². The Labute approximate surface area is 300 Å². The molecule has 3 saturated heterocycles. The quantitative estimate of drug-likeness (QED) is 0.0431. The molecule has 6 unspecified atom stereocenters. The zero-order valence-electron chi connectivity index (χ0n) is 27.6. The van der Waals surface area contributed by atoms with Gasteiger partial charge in [0.2, 0.25) is 5.91 Å². The lowest BCUT2D eigenvalue weighted by atomic mass is 10.00. The Morgan fingerprint density at radius 3 is 2.34 bits per heavy atom. The molecule has 6 rings (SSSR count). The number of hydrogen-bond acceptors (Lipinski definition) is 18. The molecule has 0 bridgehead atoms. The molecule has 3 aliphatic heterocycles. The number of terminal acetylenes is 1. The van der Waals surface area contributed by atoms with Gasteiger partial charge in [0, 0.05) is 18.5 Å². The molecule has 3 aliphatic rings. The van der Waals surface area contributed by atoms with E-state index < -0.39 is 83.7 Å². The van der Waals surface area contributed by atoms with Crippen LogP contribution in [0.4, 0.5) is 5.82 Å². The highest BCUT2D eigenvalue weighted by atomic mass is 31.3. The number of amides is 1. The fourth-order valence-corrected chi connectivity index (χ4v) is 8.04. The summed E-state index contributed by atoms with van der Waals surface area (Å²) in [4.78, 5) is 44.6. The van der Waals surface area contributed by atoms with Crippen molar-refractivity contribution in [2.45, 2.75) is 73.9 Å². The number of carbonyl (C=O) groups is 1. The van der Waals surface area contributed by atoms with Crippen LogP contribution in [-0.2, 0) is 32.0 Å². The van der Waals surface area contributed by atoms with Gasteiger partial charge in [-0.2, -0.15) is 4.31 Å². The van der Waals surface area contributed by atoms with E-state index in [1.807, 2.05) is 0 Å². The maximum atomic E-state index is 12.6. The maximum absolute atomic E-state index is 12.6. The number of hydrogen-bond donors (Lipinski definition) is 10. The van der Waals surface area contributed by atoms with Crippen molar-refractivity contribution in [3.63, 3.8) is 0 Å². The molecule has 0 spiro atoms.